The number of piperidine rings is 1. The van der Waals surface area contributed by atoms with Crippen LogP contribution in [0.25, 0.3) is 0 Å². The number of likely N-dealkylation sites (tertiary alicyclic amines) is 1. The summed E-state index contributed by atoms with van der Waals surface area (Å²) in [5.74, 6) is 1.88. The van der Waals surface area contributed by atoms with Crippen LogP contribution in [0.1, 0.15) is 37.3 Å². The summed E-state index contributed by atoms with van der Waals surface area (Å²) in [4.78, 5) is 14.6. The second-order valence-electron chi connectivity index (χ2n) is 7.56. The molecule has 2 aromatic rings. The van der Waals surface area contributed by atoms with Gasteiger partial charge in [-0.3, -0.25) is 9.69 Å². The average molecular weight is 426 g/mol. The smallest absolute Gasteiger partial charge is 0.277 e. The number of nitrogens with zero attached hydrogens (tertiary/aromatic N) is 2. The molecule has 1 fully saturated rings. The molecule has 2 aromatic carbocycles. The number of carbonyl (C=O) groups excluding carboxylic acids is 1. The summed E-state index contributed by atoms with van der Waals surface area (Å²) in [5, 5.41) is 4.24. The summed E-state index contributed by atoms with van der Waals surface area (Å²) in [7, 11) is 3.29. The van der Waals surface area contributed by atoms with Crippen molar-refractivity contribution in [1.29, 1.82) is 0 Å². The predicted octanol–water partition coefficient (Wildman–Crippen LogP) is 3.61. The van der Waals surface area contributed by atoms with Crippen molar-refractivity contribution in [3.8, 4) is 17.2 Å². The first-order valence-electron chi connectivity index (χ1n) is 10.6. The lowest BCUT2D eigenvalue weighted by Gasteiger charge is -2.27. The van der Waals surface area contributed by atoms with E-state index in [0.717, 1.165) is 48.0 Å². The maximum absolute atomic E-state index is 12.1. The number of amides is 1. The third kappa shape index (κ3) is 6.72. The molecule has 31 heavy (non-hydrogen) atoms. The molecule has 0 saturated carbocycles. The van der Waals surface area contributed by atoms with Crippen LogP contribution < -0.4 is 19.6 Å². The summed E-state index contributed by atoms with van der Waals surface area (Å²) in [6, 6.07) is 13.1. The maximum atomic E-state index is 12.1. The Morgan fingerprint density at radius 1 is 1.00 bits per heavy atom. The van der Waals surface area contributed by atoms with Crippen LogP contribution in [0.4, 0.5) is 0 Å². The minimum absolute atomic E-state index is 0.119. The normalized spacial score (nSPS) is 14.7. The minimum atomic E-state index is -0.322. The SMILES string of the molecule is COc1ccc(OCC(=O)N/N=C(/C)c2ccc(OC)c(CN3CCCCC3)c2)cc1. The monoisotopic (exact) mass is 425 g/mol. The Labute approximate surface area is 184 Å². The Hall–Kier alpha value is -3.06. The van der Waals surface area contributed by atoms with Gasteiger partial charge in [-0.05, 0) is 80.9 Å². The van der Waals surface area contributed by atoms with E-state index in [-0.39, 0.29) is 12.5 Å². The Kier molecular flexibility index (Phi) is 8.29. The zero-order valence-corrected chi connectivity index (χ0v) is 18.5. The van der Waals surface area contributed by atoms with E-state index in [0.29, 0.717) is 5.75 Å². The second kappa shape index (κ2) is 11.4. The quantitative estimate of drug-likeness (QED) is 0.491. The largest absolute Gasteiger partial charge is 0.497 e. The van der Waals surface area contributed by atoms with E-state index in [4.69, 9.17) is 14.2 Å². The summed E-state index contributed by atoms with van der Waals surface area (Å²) < 4.78 is 16.1. The van der Waals surface area contributed by atoms with Gasteiger partial charge in [0.05, 0.1) is 19.9 Å². The van der Waals surface area contributed by atoms with Crippen molar-refractivity contribution < 1.29 is 19.0 Å². The molecule has 0 bridgehead atoms. The fourth-order valence-corrected chi connectivity index (χ4v) is 3.55. The molecule has 166 valence electrons. The molecule has 1 heterocycles. The predicted molar refractivity (Wildman–Crippen MR) is 121 cm³/mol. The minimum Gasteiger partial charge on any atom is -0.497 e. The third-order valence-corrected chi connectivity index (χ3v) is 5.32. The summed E-state index contributed by atoms with van der Waals surface area (Å²) >= 11 is 0. The molecular weight excluding hydrogens is 394 g/mol. The van der Waals surface area contributed by atoms with Crippen molar-refractivity contribution in [3.05, 3.63) is 53.6 Å². The summed E-state index contributed by atoms with van der Waals surface area (Å²) in [5.41, 5.74) is 5.36. The zero-order valence-electron chi connectivity index (χ0n) is 18.5. The van der Waals surface area contributed by atoms with Crippen molar-refractivity contribution >= 4 is 11.6 Å². The first-order valence-corrected chi connectivity index (χ1v) is 10.6. The molecule has 1 aliphatic heterocycles. The van der Waals surface area contributed by atoms with E-state index in [1.165, 1.54) is 19.3 Å². The van der Waals surface area contributed by atoms with Gasteiger partial charge in [-0.1, -0.05) is 6.42 Å². The number of methoxy groups -OCH3 is 2. The highest BCUT2D eigenvalue weighted by atomic mass is 16.5. The molecule has 0 aliphatic carbocycles. The van der Waals surface area contributed by atoms with Crippen LogP contribution in [0.2, 0.25) is 0 Å². The number of benzene rings is 2. The highest BCUT2D eigenvalue weighted by Gasteiger charge is 2.14. The second-order valence-corrected chi connectivity index (χ2v) is 7.56. The molecule has 1 N–H and O–H groups in total. The van der Waals surface area contributed by atoms with Crippen LogP contribution in [0.15, 0.2) is 47.6 Å². The molecule has 1 amide bonds. The molecule has 0 radical (unpaired) electrons. The van der Waals surface area contributed by atoms with Crippen molar-refractivity contribution in [2.45, 2.75) is 32.7 Å². The molecule has 1 aliphatic rings. The van der Waals surface area contributed by atoms with E-state index >= 15 is 0 Å². The van der Waals surface area contributed by atoms with Crippen LogP contribution in [-0.2, 0) is 11.3 Å². The Bertz CT molecular complexity index is 890. The van der Waals surface area contributed by atoms with Gasteiger partial charge in [-0.2, -0.15) is 5.10 Å². The standard InChI is InChI=1S/C24H31N3O4/c1-18(25-26-24(28)17-31-22-10-8-21(29-2)9-11-22)19-7-12-23(30-3)20(15-19)16-27-13-5-4-6-14-27/h7-12,15H,4-6,13-14,16-17H2,1-3H3,(H,26,28)/b25-18-. The van der Waals surface area contributed by atoms with Gasteiger partial charge in [0.1, 0.15) is 17.2 Å². The van der Waals surface area contributed by atoms with Crippen LogP contribution in [0.3, 0.4) is 0 Å². The van der Waals surface area contributed by atoms with Crippen molar-refractivity contribution in [2.24, 2.45) is 5.10 Å². The van der Waals surface area contributed by atoms with E-state index in [9.17, 15) is 4.79 Å². The Morgan fingerprint density at radius 2 is 1.71 bits per heavy atom. The number of hydrogen-bond donors (Lipinski definition) is 1. The number of carbonyl (C=O) groups is 1. The molecular formula is C24H31N3O4. The number of rotatable bonds is 9. The number of hydrogen-bond acceptors (Lipinski definition) is 6. The van der Waals surface area contributed by atoms with E-state index in [1.807, 2.05) is 19.1 Å². The van der Waals surface area contributed by atoms with E-state index in [1.54, 1.807) is 38.5 Å². The number of nitrogens with one attached hydrogen (secondary N) is 1. The summed E-state index contributed by atoms with van der Waals surface area (Å²) in [6.45, 7) is 4.84. The van der Waals surface area contributed by atoms with Crippen LogP contribution in [-0.4, -0.2) is 50.4 Å². The molecule has 0 spiro atoms. The highest BCUT2D eigenvalue weighted by Crippen LogP contribution is 2.23. The average Bonchev–Trinajstić information content (AvgIpc) is 2.82. The van der Waals surface area contributed by atoms with E-state index < -0.39 is 0 Å². The summed E-state index contributed by atoms with van der Waals surface area (Å²) in [6.07, 6.45) is 3.79. The Balaban J connectivity index is 1.57. The van der Waals surface area contributed by atoms with Crippen molar-refractivity contribution in [2.75, 3.05) is 33.9 Å². The van der Waals surface area contributed by atoms with Gasteiger partial charge >= 0.3 is 0 Å². The first kappa shape index (κ1) is 22.6. The maximum Gasteiger partial charge on any atom is 0.277 e. The molecule has 3 rings (SSSR count). The molecule has 0 aromatic heterocycles. The fraction of sp³-hybridized carbons (Fsp3) is 0.417. The third-order valence-electron chi connectivity index (χ3n) is 5.32. The molecule has 7 heteroatoms. The van der Waals surface area contributed by atoms with Gasteiger partial charge in [0.2, 0.25) is 0 Å². The van der Waals surface area contributed by atoms with Gasteiger partial charge in [0.15, 0.2) is 6.61 Å². The van der Waals surface area contributed by atoms with Gasteiger partial charge in [0, 0.05) is 12.1 Å². The Morgan fingerprint density at radius 3 is 2.39 bits per heavy atom. The van der Waals surface area contributed by atoms with Crippen LogP contribution in [0.5, 0.6) is 17.2 Å². The van der Waals surface area contributed by atoms with Crippen LogP contribution in [0, 0.1) is 0 Å². The van der Waals surface area contributed by atoms with Gasteiger partial charge < -0.3 is 14.2 Å². The van der Waals surface area contributed by atoms with Crippen molar-refractivity contribution in [1.82, 2.24) is 10.3 Å². The number of ether oxygens (including phenoxy) is 3. The first-order chi connectivity index (χ1) is 15.1. The lowest BCUT2D eigenvalue weighted by atomic mass is 10.0. The lowest BCUT2D eigenvalue weighted by molar-refractivity contribution is -0.123. The number of hydrazone groups is 1. The van der Waals surface area contributed by atoms with Gasteiger partial charge in [-0.15, -0.1) is 0 Å². The molecule has 1 saturated heterocycles. The fourth-order valence-electron chi connectivity index (χ4n) is 3.55. The molecule has 0 unspecified atom stereocenters. The van der Waals surface area contributed by atoms with Gasteiger partial charge in [-0.25, -0.2) is 5.43 Å². The van der Waals surface area contributed by atoms with Crippen LogP contribution >= 0.6 is 0 Å². The zero-order chi connectivity index (χ0) is 22.1. The molecule has 0 atom stereocenters. The van der Waals surface area contributed by atoms with E-state index in [2.05, 4.69) is 21.5 Å². The van der Waals surface area contributed by atoms with Gasteiger partial charge in [0.25, 0.3) is 5.91 Å². The lowest BCUT2D eigenvalue weighted by Crippen LogP contribution is -2.29. The van der Waals surface area contributed by atoms with Crippen molar-refractivity contribution in [3.63, 3.8) is 0 Å². The topological polar surface area (TPSA) is 72.4 Å². The molecule has 7 nitrogen and oxygen atoms in total. The highest BCUT2D eigenvalue weighted by molar-refractivity contribution is 5.99.